The van der Waals surface area contributed by atoms with E-state index in [0.717, 1.165) is 77.0 Å². The molecule has 12 rings (SSSR count). The minimum absolute atomic E-state index is 0.557. The van der Waals surface area contributed by atoms with Crippen molar-refractivity contribution in [2.24, 2.45) is 0 Å². The number of hydrogen-bond donors (Lipinski definition) is 0. The van der Waals surface area contributed by atoms with Crippen molar-refractivity contribution in [3.05, 3.63) is 194 Å². The van der Waals surface area contributed by atoms with Gasteiger partial charge in [-0.3, -0.25) is 9.13 Å². The third-order valence-corrected chi connectivity index (χ3v) is 11.3. The van der Waals surface area contributed by atoms with Crippen LogP contribution in [0.4, 0.5) is 0 Å². The normalized spacial score (nSPS) is 11.9. The minimum Gasteiger partial charge on any atom is -0.309 e. The van der Waals surface area contributed by atoms with Gasteiger partial charge in [0, 0.05) is 43.6 Å². The van der Waals surface area contributed by atoms with Gasteiger partial charge in [0.05, 0.1) is 33.1 Å². The van der Waals surface area contributed by atoms with Gasteiger partial charge in [0.1, 0.15) is 0 Å². The quantitative estimate of drug-likeness (QED) is 0.177. The molecule has 0 N–H and O–H groups in total. The van der Waals surface area contributed by atoms with Gasteiger partial charge < -0.3 is 4.57 Å². The van der Waals surface area contributed by atoms with Crippen LogP contribution in [-0.4, -0.2) is 28.7 Å². The van der Waals surface area contributed by atoms with Crippen molar-refractivity contribution in [3.63, 3.8) is 0 Å². The Kier molecular flexibility index (Phi) is 6.83. The van der Waals surface area contributed by atoms with Gasteiger partial charge in [-0.05, 0) is 59.7 Å². The molecule has 0 aliphatic rings. The Morgan fingerprint density at radius 3 is 1.16 bits per heavy atom. The summed E-state index contributed by atoms with van der Waals surface area (Å²) in [7, 11) is 0. The predicted octanol–water partition coefficient (Wildman–Crippen LogP) is 12.5. The maximum atomic E-state index is 5.40. The van der Waals surface area contributed by atoms with Crippen LogP contribution in [-0.2, 0) is 0 Å². The van der Waals surface area contributed by atoms with Crippen LogP contribution in [0.1, 0.15) is 0 Å². The fourth-order valence-electron chi connectivity index (χ4n) is 8.76. The van der Waals surface area contributed by atoms with E-state index in [1.165, 1.54) is 10.8 Å². The van der Waals surface area contributed by atoms with E-state index < -0.39 is 0 Å². The van der Waals surface area contributed by atoms with Gasteiger partial charge in [-0.15, -0.1) is 0 Å². The first kappa shape index (κ1) is 31.5. The molecule has 0 atom stereocenters. The molecule has 4 heterocycles. The van der Waals surface area contributed by atoms with Gasteiger partial charge in [-0.25, -0.2) is 0 Å². The maximum Gasteiger partial charge on any atom is 0.240 e. The van der Waals surface area contributed by atoms with E-state index in [1.807, 2.05) is 6.07 Å². The second-order valence-electron chi connectivity index (χ2n) is 14.5. The van der Waals surface area contributed by atoms with Gasteiger partial charge in [-0.2, -0.15) is 15.0 Å². The van der Waals surface area contributed by atoms with Crippen LogP contribution in [0.2, 0.25) is 0 Å². The Morgan fingerprint density at radius 1 is 0.263 bits per heavy atom. The number of fused-ring (bicyclic) bond motifs is 9. The zero-order valence-electron chi connectivity index (χ0n) is 30.7. The van der Waals surface area contributed by atoms with Crippen molar-refractivity contribution >= 4 is 65.4 Å². The minimum atomic E-state index is 0.557. The highest BCUT2D eigenvalue weighted by Gasteiger charge is 2.22. The van der Waals surface area contributed by atoms with E-state index in [0.29, 0.717) is 17.7 Å². The van der Waals surface area contributed by atoms with Crippen LogP contribution in [0, 0.1) is 0 Å². The Hall–Kier alpha value is -7.83. The van der Waals surface area contributed by atoms with Crippen LogP contribution in [0.5, 0.6) is 0 Å². The summed E-state index contributed by atoms with van der Waals surface area (Å²) in [4.78, 5) is 16.0. The lowest BCUT2D eigenvalue weighted by Gasteiger charge is -2.13. The van der Waals surface area contributed by atoms with Crippen molar-refractivity contribution in [2.45, 2.75) is 0 Å². The molecule has 12 aromatic rings. The second-order valence-corrected chi connectivity index (χ2v) is 14.5. The third kappa shape index (κ3) is 4.81. The van der Waals surface area contributed by atoms with Crippen molar-refractivity contribution in [1.82, 2.24) is 28.7 Å². The average molecular weight is 729 g/mol. The molecule has 0 spiro atoms. The van der Waals surface area contributed by atoms with E-state index >= 15 is 0 Å². The number of nitrogens with zero attached hydrogens (tertiary/aromatic N) is 6. The largest absolute Gasteiger partial charge is 0.309 e. The number of para-hydroxylation sites is 5. The summed E-state index contributed by atoms with van der Waals surface area (Å²) in [5.74, 6) is 1.72. The first-order chi connectivity index (χ1) is 28.3. The average Bonchev–Trinajstić information content (AvgIpc) is 3.91. The van der Waals surface area contributed by atoms with Crippen LogP contribution in [0.25, 0.3) is 106 Å². The first-order valence-electron chi connectivity index (χ1n) is 19.2. The smallest absolute Gasteiger partial charge is 0.240 e. The summed E-state index contributed by atoms with van der Waals surface area (Å²) in [5, 5.41) is 6.92. The van der Waals surface area contributed by atoms with E-state index in [-0.39, 0.29) is 0 Å². The highest BCUT2D eigenvalue weighted by atomic mass is 15.3. The number of aromatic nitrogens is 6. The molecule has 6 nitrogen and oxygen atoms in total. The standard InChI is InChI=1S/C51H32N6/c1-3-15-33(16-4-1)34-27-29-35(30-28-34)49-52-50(56-44-24-12-7-19-37(44)38-20-8-13-25-45(38)56)54-51(53-49)57-46-26-14-10-22-40(46)42-31-47-41(32-48(42)57)39-21-9-11-23-43(39)55(47)36-17-5-2-6-18-36/h1-32H. The Bertz CT molecular complexity index is 3450. The van der Waals surface area contributed by atoms with Crippen LogP contribution >= 0.6 is 0 Å². The predicted molar refractivity (Wildman–Crippen MR) is 234 cm³/mol. The van der Waals surface area contributed by atoms with Crippen molar-refractivity contribution in [1.29, 1.82) is 0 Å². The molecule has 0 aliphatic carbocycles. The number of rotatable bonds is 5. The Labute approximate surface area is 327 Å². The first-order valence-corrected chi connectivity index (χ1v) is 19.2. The molecule has 0 aliphatic heterocycles. The van der Waals surface area contributed by atoms with Gasteiger partial charge in [0.25, 0.3) is 0 Å². The van der Waals surface area contributed by atoms with Crippen LogP contribution < -0.4 is 0 Å². The fraction of sp³-hybridized carbons (Fsp3) is 0. The summed E-state index contributed by atoms with van der Waals surface area (Å²) in [5.41, 5.74) is 10.8. The summed E-state index contributed by atoms with van der Waals surface area (Å²) >= 11 is 0. The zero-order chi connectivity index (χ0) is 37.5. The number of hydrogen-bond acceptors (Lipinski definition) is 3. The molecule has 8 aromatic carbocycles. The van der Waals surface area contributed by atoms with Gasteiger partial charge >= 0.3 is 0 Å². The summed E-state index contributed by atoms with van der Waals surface area (Å²) in [6.07, 6.45) is 0. The van der Waals surface area contributed by atoms with E-state index in [4.69, 9.17) is 15.0 Å². The third-order valence-electron chi connectivity index (χ3n) is 11.3. The summed E-state index contributed by atoms with van der Waals surface area (Å²) in [6, 6.07) is 68.4. The highest BCUT2D eigenvalue weighted by Crippen LogP contribution is 2.40. The molecule has 4 aromatic heterocycles. The maximum absolute atomic E-state index is 5.40. The second kappa shape index (κ2) is 12.3. The molecule has 0 amide bonds. The lowest BCUT2D eigenvalue weighted by Crippen LogP contribution is -2.10. The molecule has 0 fully saturated rings. The van der Waals surface area contributed by atoms with E-state index in [2.05, 4.69) is 202 Å². The molecule has 0 bridgehead atoms. The molecule has 0 unspecified atom stereocenters. The van der Waals surface area contributed by atoms with E-state index in [9.17, 15) is 0 Å². The summed E-state index contributed by atoms with van der Waals surface area (Å²) < 4.78 is 6.77. The van der Waals surface area contributed by atoms with E-state index in [1.54, 1.807) is 0 Å². The molecule has 266 valence electrons. The molecule has 0 radical (unpaired) electrons. The van der Waals surface area contributed by atoms with Crippen LogP contribution in [0.3, 0.4) is 0 Å². The van der Waals surface area contributed by atoms with Crippen molar-refractivity contribution in [2.75, 3.05) is 0 Å². The molecule has 0 saturated carbocycles. The SMILES string of the molecule is c1ccc(-c2ccc(-c3nc(-n4c5ccccc5c5ccccc54)nc(-n4c5ccccc5c5cc6c(cc54)c4ccccc4n6-c4ccccc4)n3)cc2)cc1. The Morgan fingerprint density at radius 2 is 0.632 bits per heavy atom. The monoisotopic (exact) mass is 728 g/mol. The number of benzene rings is 8. The lowest BCUT2D eigenvalue weighted by atomic mass is 10.0. The fourth-order valence-corrected chi connectivity index (χ4v) is 8.76. The van der Waals surface area contributed by atoms with Crippen LogP contribution in [0.15, 0.2) is 194 Å². The van der Waals surface area contributed by atoms with Gasteiger partial charge in [0.15, 0.2) is 5.82 Å². The van der Waals surface area contributed by atoms with Gasteiger partial charge in [-0.1, -0.05) is 146 Å². The van der Waals surface area contributed by atoms with Crippen molar-refractivity contribution in [3.8, 4) is 40.1 Å². The lowest BCUT2D eigenvalue weighted by molar-refractivity contribution is 0.893. The highest BCUT2D eigenvalue weighted by molar-refractivity contribution is 6.19. The molecular weight excluding hydrogens is 697 g/mol. The molecule has 6 heteroatoms. The molecular formula is C51H32N6. The zero-order valence-corrected chi connectivity index (χ0v) is 30.7. The molecule has 0 saturated heterocycles. The van der Waals surface area contributed by atoms with Crippen molar-refractivity contribution < 1.29 is 0 Å². The van der Waals surface area contributed by atoms with Gasteiger partial charge in [0.2, 0.25) is 11.9 Å². The topological polar surface area (TPSA) is 53.5 Å². The molecule has 57 heavy (non-hydrogen) atoms. The summed E-state index contributed by atoms with van der Waals surface area (Å²) in [6.45, 7) is 0. The Balaban J connectivity index is 1.17.